The van der Waals surface area contributed by atoms with E-state index < -0.39 is 5.97 Å². The Labute approximate surface area is 162 Å². The molecule has 2 heterocycles. The summed E-state index contributed by atoms with van der Waals surface area (Å²) < 4.78 is 7.29. The molecule has 0 saturated heterocycles. The Morgan fingerprint density at radius 1 is 1.11 bits per heavy atom. The van der Waals surface area contributed by atoms with Crippen molar-refractivity contribution in [2.75, 3.05) is 6.61 Å². The van der Waals surface area contributed by atoms with E-state index in [2.05, 4.69) is 4.98 Å². The number of hydrogen-bond donors (Lipinski definition) is 1. The Bertz CT molecular complexity index is 1150. The standard InChI is InChI=1S/C23H20N2O3/c1-3-28-23(27)21-18-13-20(26)17(16-10-7-11-24-14-16)12-19(18)25(2)22(21)15-8-5-4-6-9-15/h4-14,26H,3H2,1-2H3. The Balaban J connectivity index is 2.04. The lowest BCUT2D eigenvalue weighted by molar-refractivity contribution is 0.0529. The summed E-state index contributed by atoms with van der Waals surface area (Å²) in [6.45, 7) is 2.06. The number of hydrogen-bond acceptors (Lipinski definition) is 4. The predicted octanol–water partition coefficient (Wildman–Crippen LogP) is 4.79. The molecule has 4 rings (SSSR count). The normalized spacial score (nSPS) is 10.9. The van der Waals surface area contributed by atoms with Gasteiger partial charge in [0, 0.05) is 36.0 Å². The molecule has 0 atom stereocenters. The Morgan fingerprint density at radius 2 is 1.86 bits per heavy atom. The first-order valence-corrected chi connectivity index (χ1v) is 9.10. The molecule has 0 spiro atoms. The van der Waals surface area contributed by atoms with Gasteiger partial charge in [-0.05, 0) is 30.7 Å². The second kappa shape index (κ2) is 7.19. The molecular formula is C23H20N2O3. The largest absolute Gasteiger partial charge is 0.507 e. The van der Waals surface area contributed by atoms with Crippen molar-refractivity contribution in [1.82, 2.24) is 9.55 Å². The first kappa shape index (κ1) is 17.8. The van der Waals surface area contributed by atoms with Gasteiger partial charge in [-0.2, -0.15) is 0 Å². The van der Waals surface area contributed by atoms with Gasteiger partial charge < -0.3 is 14.4 Å². The summed E-state index contributed by atoms with van der Waals surface area (Å²) in [7, 11) is 1.91. The quantitative estimate of drug-likeness (QED) is 0.523. The number of benzene rings is 2. The first-order valence-electron chi connectivity index (χ1n) is 9.10. The minimum Gasteiger partial charge on any atom is -0.507 e. The van der Waals surface area contributed by atoms with Crippen molar-refractivity contribution >= 4 is 16.9 Å². The van der Waals surface area contributed by atoms with E-state index >= 15 is 0 Å². The summed E-state index contributed by atoms with van der Waals surface area (Å²) >= 11 is 0. The number of rotatable bonds is 4. The maximum Gasteiger partial charge on any atom is 0.340 e. The molecule has 0 amide bonds. The van der Waals surface area contributed by atoms with Gasteiger partial charge in [0.15, 0.2) is 0 Å². The molecule has 2 aromatic carbocycles. The van der Waals surface area contributed by atoms with Crippen molar-refractivity contribution in [3.8, 4) is 28.1 Å². The molecule has 140 valence electrons. The molecule has 0 unspecified atom stereocenters. The molecule has 28 heavy (non-hydrogen) atoms. The van der Waals surface area contributed by atoms with Crippen LogP contribution in [0.15, 0.2) is 67.0 Å². The summed E-state index contributed by atoms with van der Waals surface area (Å²) in [6.07, 6.45) is 3.39. The van der Waals surface area contributed by atoms with Gasteiger partial charge in [-0.25, -0.2) is 4.79 Å². The van der Waals surface area contributed by atoms with Gasteiger partial charge in [0.05, 0.1) is 23.4 Å². The van der Waals surface area contributed by atoms with Gasteiger partial charge in [0.1, 0.15) is 5.75 Å². The number of ether oxygens (including phenoxy) is 1. The highest BCUT2D eigenvalue weighted by Gasteiger charge is 2.24. The maximum absolute atomic E-state index is 12.8. The number of aromatic nitrogens is 2. The number of phenolic OH excluding ortho intramolecular Hbond substituents is 1. The van der Waals surface area contributed by atoms with Gasteiger partial charge in [0.2, 0.25) is 0 Å². The molecule has 0 bridgehead atoms. The fourth-order valence-electron chi connectivity index (χ4n) is 3.57. The molecule has 0 saturated carbocycles. The van der Waals surface area contributed by atoms with Crippen LogP contribution in [0.25, 0.3) is 33.3 Å². The van der Waals surface area contributed by atoms with Crippen molar-refractivity contribution in [2.45, 2.75) is 6.92 Å². The van der Waals surface area contributed by atoms with Crippen LogP contribution in [0.2, 0.25) is 0 Å². The van der Waals surface area contributed by atoms with Gasteiger partial charge in [-0.1, -0.05) is 36.4 Å². The third-order valence-corrected chi connectivity index (χ3v) is 4.82. The molecule has 0 aliphatic carbocycles. The lowest BCUT2D eigenvalue weighted by Gasteiger charge is -2.08. The topological polar surface area (TPSA) is 64.4 Å². The van der Waals surface area contributed by atoms with Crippen LogP contribution < -0.4 is 0 Å². The third-order valence-electron chi connectivity index (χ3n) is 4.82. The number of carbonyl (C=O) groups excluding carboxylic acids is 1. The summed E-state index contributed by atoms with van der Waals surface area (Å²) in [5.41, 5.74) is 4.43. The fraction of sp³-hybridized carbons (Fsp3) is 0.130. The number of nitrogens with zero attached hydrogens (tertiary/aromatic N) is 2. The van der Waals surface area contributed by atoms with Crippen LogP contribution >= 0.6 is 0 Å². The van der Waals surface area contributed by atoms with Crippen LogP contribution in [0.1, 0.15) is 17.3 Å². The van der Waals surface area contributed by atoms with Crippen molar-refractivity contribution in [2.24, 2.45) is 7.05 Å². The van der Waals surface area contributed by atoms with E-state index in [1.165, 1.54) is 0 Å². The van der Waals surface area contributed by atoms with Crippen molar-refractivity contribution in [3.05, 3.63) is 72.6 Å². The minimum absolute atomic E-state index is 0.0938. The monoisotopic (exact) mass is 372 g/mol. The van der Waals surface area contributed by atoms with E-state index in [0.717, 1.165) is 22.3 Å². The van der Waals surface area contributed by atoms with E-state index in [9.17, 15) is 9.90 Å². The molecule has 0 fully saturated rings. The highest BCUT2D eigenvalue weighted by molar-refractivity contribution is 6.11. The molecule has 0 radical (unpaired) electrons. The van der Waals surface area contributed by atoms with E-state index in [4.69, 9.17) is 4.74 Å². The number of phenols is 1. The maximum atomic E-state index is 12.8. The highest BCUT2D eigenvalue weighted by Crippen LogP contribution is 2.39. The third kappa shape index (κ3) is 2.91. The average molecular weight is 372 g/mol. The molecule has 0 aliphatic rings. The van der Waals surface area contributed by atoms with Crippen molar-refractivity contribution in [1.29, 1.82) is 0 Å². The number of fused-ring (bicyclic) bond motifs is 1. The zero-order valence-electron chi connectivity index (χ0n) is 15.7. The van der Waals surface area contributed by atoms with Crippen LogP contribution in [0.3, 0.4) is 0 Å². The minimum atomic E-state index is -0.402. The second-order valence-electron chi connectivity index (χ2n) is 6.50. The SMILES string of the molecule is CCOC(=O)c1c(-c2ccccc2)n(C)c2cc(-c3cccnc3)c(O)cc12. The van der Waals surface area contributed by atoms with E-state index in [0.29, 0.717) is 16.5 Å². The van der Waals surface area contributed by atoms with Crippen LogP contribution in [-0.4, -0.2) is 27.2 Å². The number of aromatic hydroxyl groups is 1. The Morgan fingerprint density at radius 3 is 2.54 bits per heavy atom. The molecule has 5 nitrogen and oxygen atoms in total. The molecular weight excluding hydrogens is 352 g/mol. The average Bonchev–Trinajstić information content (AvgIpc) is 3.00. The van der Waals surface area contributed by atoms with Gasteiger partial charge in [-0.15, -0.1) is 0 Å². The van der Waals surface area contributed by atoms with E-state index in [1.54, 1.807) is 25.4 Å². The number of esters is 1. The van der Waals surface area contributed by atoms with Crippen LogP contribution in [0.5, 0.6) is 5.75 Å². The molecule has 5 heteroatoms. The summed E-state index contributed by atoms with van der Waals surface area (Å²) in [5, 5.41) is 11.3. The van der Waals surface area contributed by atoms with E-state index in [1.807, 2.05) is 60.1 Å². The number of pyridine rings is 1. The number of aryl methyl sites for hydroxylation is 1. The zero-order valence-corrected chi connectivity index (χ0v) is 15.7. The van der Waals surface area contributed by atoms with Crippen molar-refractivity contribution < 1.29 is 14.6 Å². The summed E-state index contributed by atoms with van der Waals surface area (Å²) in [5.74, 6) is -0.309. The second-order valence-corrected chi connectivity index (χ2v) is 6.50. The Hall–Kier alpha value is -3.60. The molecule has 4 aromatic rings. The van der Waals surface area contributed by atoms with Gasteiger partial charge in [0.25, 0.3) is 0 Å². The number of carbonyl (C=O) groups is 1. The van der Waals surface area contributed by atoms with Gasteiger partial charge >= 0.3 is 5.97 Å². The van der Waals surface area contributed by atoms with Crippen LogP contribution in [-0.2, 0) is 11.8 Å². The smallest absolute Gasteiger partial charge is 0.340 e. The van der Waals surface area contributed by atoms with Gasteiger partial charge in [-0.3, -0.25) is 4.98 Å². The lowest BCUT2D eigenvalue weighted by atomic mass is 10.0. The fourth-order valence-corrected chi connectivity index (χ4v) is 3.57. The predicted molar refractivity (Wildman–Crippen MR) is 109 cm³/mol. The van der Waals surface area contributed by atoms with Crippen LogP contribution in [0.4, 0.5) is 0 Å². The zero-order chi connectivity index (χ0) is 19.7. The summed E-state index contributed by atoms with van der Waals surface area (Å²) in [4.78, 5) is 16.9. The van der Waals surface area contributed by atoms with E-state index in [-0.39, 0.29) is 12.4 Å². The molecule has 0 aliphatic heterocycles. The van der Waals surface area contributed by atoms with Crippen LogP contribution in [0, 0.1) is 0 Å². The molecule has 2 aromatic heterocycles. The first-order chi connectivity index (χ1) is 13.6. The van der Waals surface area contributed by atoms with Crippen molar-refractivity contribution in [3.63, 3.8) is 0 Å². The Kier molecular flexibility index (Phi) is 4.57. The summed E-state index contributed by atoms with van der Waals surface area (Å²) in [6, 6.07) is 16.9. The highest BCUT2D eigenvalue weighted by atomic mass is 16.5. The lowest BCUT2D eigenvalue weighted by Crippen LogP contribution is -2.06. The molecule has 1 N–H and O–H groups in total.